The average Bonchev–Trinajstić information content (AvgIpc) is 3.28. The van der Waals surface area contributed by atoms with Gasteiger partial charge in [0, 0.05) is 17.1 Å². The summed E-state index contributed by atoms with van der Waals surface area (Å²) in [4.78, 5) is 21.8. The molecule has 2 aromatic rings. The van der Waals surface area contributed by atoms with Crippen molar-refractivity contribution >= 4 is 11.9 Å². The fourth-order valence-electron chi connectivity index (χ4n) is 6.20. The Balaban J connectivity index is 0.000000239. The molecule has 0 radical (unpaired) electrons. The Morgan fingerprint density at radius 1 is 0.875 bits per heavy atom. The molecule has 3 fully saturated rings. The number of fused-ring (bicyclic) bond motifs is 2. The molecule has 0 heterocycles. The number of benzene rings is 2. The molecule has 3 aliphatic rings. The molecule has 1 unspecified atom stereocenters. The van der Waals surface area contributed by atoms with Crippen molar-refractivity contribution in [2.75, 3.05) is 0 Å². The smallest absolute Gasteiger partial charge is 0.333 e. The van der Waals surface area contributed by atoms with Crippen molar-refractivity contribution in [3.05, 3.63) is 96.6 Å². The van der Waals surface area contributed by atoms with E-state index in [0.717, 1.165) is 30.9 Å². The van der Waals surface area contributed by atoms with Crippen LogP contribution in [-0.2, 0) is 14.3 Å². The van der Waals surface area contributed by atoms with E-state index in [2.05, 4.69) is 72.0 Å². The third kappa shape index (κ3) is 9.21. The van der Waals surface area contributed by atoms with Crippen molar-refractivity contribution in [2.24, 2.45) is 22.7 Å². The number of rotatable bonds is 4. The minimum atomic E-state index is -0.981. The number of aryl methyl sites for hydroxylation is 2. The van der Waals surface area contributed by atoms with Crippen LogP contribution in [0.15, 0.2) is 85.5 Å². The highest BCUT2D eigenvalue weighted by Gasteiger charge is 2.62. The van der Waals surface area contributed by atoms with E-state index < -0.39 is 5.97 Å². The first-order chi connectivity index (χ1) is 18.9. The van der Waals surface area contributed by atoms with Gasteiger partial charge in [0.25, 0.3) is 0 Å². The van der Waals surface area contributed by atoms with E-state index in [4.69, 9.17) is 9.84 Å². The molecule has 3 atom stereocenters. The second-order valence-electron chi connectivity index (χ2n) is 12.2. The van der Waals surface area contributed by atoms with E-state index in [1.165, 1.54) is 43.2 Å². The van der Waals surface area contributed by atoms with Crippen LogP contribution in [0.3, 0.4) is 0 Å². The van der Waals surface area contributed by atoms with E-state index in [1.54, 1.807) is 0 Å². The SMILES string of the molecule is C=C(C(=O)OC1C[C@H]2CC[C@@]1(C)C2(C)C)C1CCCCC1.C=CC(=O)O.Cc1ccccc1.Cc1ccccc1. The predicted octanol–water partition coefficient (Wildman–Crippen LogP) is 9.13. The van der Waals surface area contributed by atoms with Gasteiger partial charge in [-0.25, -0.2) is 9.59 Å². The van der Waals surface area contributed by atoms with Crippen molar-refractivity contribution in [2.45, 2.75) is 92.1 Å². The average molecular weight is 547 g/mol. The van der Waals surface area contributed by atoms with Crippen LogP contribution in [0.1, 0.15) is 83.3 Å². The van der Waals surface area contributed by atoms with Gasteiger partial charge < -0.3 is 9.84 Å². The molecule has 3 saturated carbocycles. The number of carbonyl (C=O) groups is 2. The summed E-state index contributed by atoms with van der Waals surface area (Å²) in [7, 11) is 0. The third-order valence-corrected chi connectivity index (χ3v) is 9.38. The number of hydrogen-bond donors (Lipinski definition) is 1. The lowest BCUT2D eigenvalue weighted by molar-refractivity contribution is -0.152. The number of ether oxygens (including phenoxy) is 1. The molecule has 0 spiro atoms. The van der Waals surface area contributed by atoms with Crippen LogP contribution in [-0.4, -0.2) is 23.1 Å². The maximum absolute atomic E-state index is 12.5. The molecule has 3 aliphatic carbocycles. The van der Waals surface area contributed by atoms with Gasteiger partial charge in [-0.3, -0.25) is 0 Å². The standard InChI is InChI=1S/C19H30O2.2C7H8.C3H4O2/c1-13(14-8-6-5-7-9-14)17(20)21-16-12-15-10-11-19(16,4)18(15,2)3;2*1-7-5-3-2-4-6-7;1-2-3(4)5/h14-16H,1,5-12H2,2-4H3;2*2-6H,1H3;2H,1H2,(H,4,5)/t15-,16?,19-;;;/m1.../s1. The first kappa shape index (κ1) is 33.1. The maximum atomic E-state index is 12.5. The summed E-state index contributed by atoms with van der Waals surface area (Å²) >= 11 is 0. The molecule has 0 aromatic heterocycles. The first-order valence-electron chi connectivity index (χ1n) is 14.7. The molecule has 218 valence electrons. The second kappa shape index (κ2) is 15.6. The lowest BCUT2D eigenvalue weighted by atomic mass is 9.70. The summed E-state index contributed by atoms with van der Waals surface area (Å²) in [5.74, 6) is -0.0182. The van der Waals surface area contributed by atoms with E-state index in [1.807, 2.05) is 36.4 Å². The zero-order chi connectivity index (χ0) is 29.8. The number of carbonyl (C=O) groups excluding carboxylic acids is 1. The summed E-state index contributed by atoms with van der Waals surface area (Å²) in [5.41, 5.74) is 3.83. The molecule has 0 amide bonds. The molecular formula is C36H50O4. The fourth-order valence-corrected chi connectivity index (χ4v) is 6.20. The Morgan fingerprint density at radius 3 is 1.68 bits per heavy atom. The Morgan fingerprint density at radius 2 is 1.35 bits per heavy atom. The van der Waals surface area contributed by atoms with Crippen LogP contribution in [0.25, 0.3) is 0 Å². The van der Waals surface area contributed by atoms with E-state index >= 15 is 0 Å². The zero-order valence-corrected chi connectivity index (χ0v) is 25.3. The Hall–Kier alpha value is -3.14. The quantitative estimate of drug-likeness (QED) is 0.307. The lowest BCUT2D eigenvalue weighted by Gasteiger charge is -2.38. The summed E-state index contributed by atoms with van der Waals surface area (Å²) in [6.07, 6.45) is 10.5. The second-order valence-corrected chi connectivity index (χ2v) is 12.2. The highest BCUT2D eigenvalue weighted by molar-refractivity contribution is 5.88. The van der Waals surface area contributed by atoms with Crippen molar-refractivity contribution in [1.29, 1.82) is 0 Å². The number of carboxylic acid groups (broad SMARTS) is 1. The number of esters is 1. The number of carboxylic acids is 1. The largest absolute Gasteiger partial charge is 0.478 e. The minimum Gasteiger partial charge on any atom is -0.478 e. The van der Waals surface area contributed by atoms with Crippen molar-refractivity contribution < 1.29 is 19.4 Å². The maximum Gasteiger partial charge on any atom is 0.333 e. The molecule has 2 bridgehead atoms. The monoisotopic (exact) mass is 546 g/mol. The third-order valence-electron chi connectivity index (χ3n) is 9.38. The van der Waals surface area contributed by atoms with Crippen molar-refractivity contribution in [3.8, 4) is 0 Å². The summed E-state index contributed by atoms with van der Waals surface area (Å²) in [5, 5.41) is 7.60. The summed E-state index contributed by atoms with van der Waals surface area (Å²) in [6.45, 7) is 18.2. The molecule has 40 heavy (non-hydrogen) atoms. The minimum absolute atomic E-state index is 0.0964. The van der Waals surface area contributed by atoms with Crippen LogP contribution in [0.4, 0.5) is 0 Å². The van der Waals surface area contributed by atoms with Crippen LogP contribution < -0.4 is 0 Å². The molecule has 0 saturated heterocycles. The lowest BCUT2D eigenvalue weighted by Crippen LogP contribution is -2.38. The van der Waals surface area contributed by atoms with Crippen LogP contribution in [0, 0.1) is 36.5 Å². The molecule has 2 aromatic carbocycles. The Labute approximate surface area is 242 Å². The van der Waals surface area contributed by atoms with E-state index in [-0.39, 0.29) is 17.5 Å². The van der Waals surface area contributed by atoms with Crippen molar-refractivity contribution in [1.82, 2.24) is 0 Å². The summed E-state index contributed by atoms with van der Waals surface area (Å²) in [6, 6.07) is 20.5. The number of hydrogen-bond acceptors (Lipinski definition) is 3. The first-order valence-corrected chi connectivity index (χ1v) is 14.7. The van der Waals surface area contributed by atoms with Gasteiger partial charge in [-0.15, -0.1) is 0 Å². The molecule has 5 rings (SSSR count). The van der Waals surface area contributed by atoms with E-state index in [9.17, 15) is 9.59 Å². The van der Waals surface area contributed by atoms with Gasteiger partial charge in [0.2, 0.25) is 0 Å². The predicted molar refractivity (Wildman–Crippen MR) is 165 cm³/mol. The van der Waals surface area contributed by atoms with Gasteiger partial charge in [0.05, 0.1) is 0 Å². The highest BCUT2D eigenvalue weighted by atomic mass is 16.5. The summed E-state index contributed by atoms with van der Waals surface area (Å²) < 4.78 is 5.96. The number of aliphatic carboxylic acids is 1. The Kier molecular flexibility index (Phi) is 12.9. The van der Waals surface area contributed by atoms with Gasteiger partial charge in [-0.05, 0) is 63.2 Å². The van der Waals surface area contributed by atoms with Crippen LogP contribution in [0.2, 0.25) is 0 Å². The molecular weight excluding hydrogens is 496 g/mol. The molecule has 1 N–H and O–H groups in total. The highest BCUT2D eigenvalue weighted by Crippen LogP contribution is 2.66. The van der Waals surface area contributed by atoms with Gasteiger partial charge in [0.1, 0.15) is 6.10 Å². The van der Waals surface area contributed by atoms with Gasteiger partial charge >= 0.3 is 11.9 Å². The Bertz CT molecular complexity index is 1040. The molecule has 4 heteroatoms. The molecule has 0 aliphatic heterocycles. The van der Waals surface area contributed by atoms with Gasteiger partial charge in [-0.2, -0.15) is 0 Å². The van der Waals surface area contributed by atoms with Gasteiger partial charge in [-0.1, -0.05) is 125 Å². The normalized spacial score (nSPS) is 24.0. The van der Waals surface area contributed by atoms with Gasteiger partial charge in [0.15, 0.2) is 0 Å². The fraction of sp³-hybridized carbons (Fsp3) is 0.500. The van der Waals surface area contributed by atoms with Crippen LogP contribution in [0.5, 0.6) is 0 Å². The van der Waals surface area contributed by atoms with Crippen molar-refractivity contribution in [3.63, 3.8) is 0 Å². The van der Waals surface area contributed by atoms with Crippen LogP contribution >= 0.6 is 0 Å². The zero-order valence-electron chi connectivity index (χ0n) is 25.3. The molecule has 4 nitrogen and oxygen atoms in total. The van der Waals surface area contributed by atoms with E-state index in [0.29, 0.717) is 17.3 Å². The topological polar surface area (TPSA) is 63.6 Å².